The molecule has 5 saturated carbocycles. The first-order valence-electron chi connectivity index (χ1n) is 33.6. The number of phenolic OH excluding ortho intramolecular Hbond substituents is 1. The van der Waals surface area contributed by atoms with Crippen LogP contribution in [0, 0.1) is 58.2 Å². The van der Waals surface area contributed by atoms with Crippen molar-refractivity contribution in [2.75, 3.05) is 31.2 Å². The Balaban J connectivity index is 0.642. The second-order valence-corrected chi connectivity index (χ2v) is 31.0. The van der Waals surface area contributed by atoms with Gasteiger partial charge in [-0.1, -0.05) is 116 Å². The third-order valence-corrected chi connectivity index (χ3v) is 25.7. The average Bonchev–Trinajstić information content (AvgIpc) is 1.67. The summed E-state index contributed by atoms with van der Waals surface area (Å²) in [6, 6.07) is 21.5. The molecule has 13 rings (SSSR count). The fourth-order valence-corrected chi connectivity index (χ4v) is 21.8. The number of nitrogens with zero attached hydrogens (tertiary/aromatic N) is 1. The molecule has 2 aromatic heterocycles. The van der Waals surface area contributed by atoms with E-state index in [1.807, 2.05) is 46.7 Å². The third-order valence-electron chi connectivity index (χ3n) is 23.3. The topological polar surface area (TPSA) is 208 Å². The van der Waals surface area contributed by atoms with Gasteiger partial charge in [0, 0.05) is 78.3 Å². The number of aliphatic imine (C=N–C) groups is 1. The molecule has 2 spiro atoms. The number of aromatic amines is 1. The minimum atomic E-state index is -0.915. The van der Waals surface area contributed by atoms with Gasteiger partial charge in [-0.25, -0.2) is 4.99 Å². The van der Waals surface area contributed by atoms with Crippen LogP contribution in [0.25, 0.3) is 0 Å². The molecule has 8 aliphatic carbocycles. The van der Waals surface area contributed by atoms with Gasteiger partial charge >= 0.3 is 0 Å². The number of nitrogens with two attached hydrogens (primary N) is 2. The Hall–Kier alpha value is -3.89. The molecular weight excluding hydrogens is 1100 g/mol. The number of aliphatic hydroxyl groups is 3. The van der Waals surface area contributed by atoms with Crippen molar-refractivity contribution in [3.63, 3.8) is 0 Å². The number of allylic oxidation sites excluding steroid dienone is 2. The van der Waals surface area contributed by atoms with Crippen LogP contribution in [-0.4, -0.2) is 86.8 Å². The molecule has 1 saturated heterocycles. The van der Waals surface area contributed by atoms with Gasteiger partial charge in [-0.15, -0.1) is 0 Å². The molecule has 16 unspecified atom stereocenters. The first-order valence-corrected chi connectivity index (χ1v) is 36.1. The van der Waals surface area contributed by atoms with Gasteiger partial charge in [-0.3, -0.25) is 0 Å². The minimum Gasteiger partial charge on any atom is -0.504 e. The lowest BCUT2D eigenvalue weighted by Crippen LogP contribution is -2.47. The van der Waals surface area contributed by atoms with E-state index in [-0.39, 0.29) is 47.8 Å². The molecule has 0 radical (unpaired) electrons. The number of furan rings is 1. The Morgan fingerprint density at radius 1 is 0.835 bits per heavy atom. The van der Waals surface area contributed by atoms with Gasteiger partial charge in [0.15, 0.2) is 17.5 Å². The van der Waals surface area contributed by atoms with Crippen LogP contribution in [0.3, 0.4) is 0 Å². The number of hydrogen-bond donors (Lipinski definition) is 9. The van der Waals surface area contributed by atoms with Crippen molar-refractivity contribution < 1.29 is 29.6 Å². The Kier molecular flexibility index (Phi) is 19.8. The highest BCUT2D eigenvalue weighted by Crippen LogP contribution is 2.72. The maximum Gasteiger partial charge on any atom is 0.189 e. The molecule has 1 aliphatic heterocycles. The normalized spacial score (nSPS) is 33.3. The van der Waals surface area contributed by atoms with Crippen molar-refractivity contribution >= 4 is 27.5 Å². The van der Waals surface area contributed by atoms with Crippen LogP contribution < -0.4 is 26.8 Å². The van der Waals surface area contributed by atoms with Gasteiger partial charge in [-0.2, -0.15) is 0 Å². The van der Waals surface area contributed by atoms with E-state index in [0.29, 0.717) is 84.5 Å². The number of hydrogen-bond acceptors (Lipinski definition) is 11. The van der Waals surface area contributed by atoms with Gasteiger partial charge in [0.2, 0.25) is 0 Å². The summed E-state index contributed by atoms with van der Waals surface area (Å²) in [4.78, 5) is 9.06. The van der Waals surface area contributed by atoms with E-state index in [1.165, 1.54) is 126 Å². The van der Waals surface area contributed by atoms with E-state index >= 15 is 0 Å². The number of guanidine groups is 1. The molecule has 0 amide bonds. The number of nitrogens with one attached hydrogen (secondary N) is 3. The predicted octanol–water partition coefficient (Wildman–Crippen LogP) is 13.0. The standard InChI is InChI=1S/C71H102N6O6S2/c1-44-15-23-54-50-32-48(19-24-55(54)57(60(72)36-50)42-84-85-43-62(44)77-69(73)75-52-13-8-12-47(33-52)17-16-46-10-4-3-5-11-46)21-26-65-51(40-78)35-53(83-65)22-18-49-20-25-63(80)66(34-49)82-41-64(81)61-37-56-59(39-74-38-45(2)79)71-30-9-14-67(71)70(28-6-7-29-70)58(27-31-71)68(56)76-61/h3-5,10-11,20,25,27,31,34-35,37,44-45,47-48,50,52,54-55,57-60,62,64,67,74,76,78-81H,6-9,12-19,21-24,26,28-30,32-33,36,38-43,72H2,1-2H3,(H3,73,75,77). The van der Waals surface area contributed by atoms with Crippen molar-refractivity contribution in [2.24, 2.45) is 74.6 Å². The zero-order valence-corrected chi connectivity index (χ0v) is 52.8. The summed E-state index contributed by atoms with van der Waals surface area (Å²) in [5.41, 5.74) is 20.9. The first-order chi connectivity index (χ1) is 41.4. The minimum absolute atomic E-state index is 0.00228. The number of ether oxygens (including phenoxy) is 1. The van der Waals surface area contributed by atoms with E-state index in [4.69, 9.17) is 25.6 Å². The fourth-order valence-electron chi connectivity index (χ4n) is 19.0. The first kappa shape index (κ1) is 61.4. The third kappa shape index (κ3) is 13.5. The molecule has 6 fully saturated rings. The van der Waals surface area contributed by atoms with Gasteiger partial charge in [0.05, 0.1) is 18.8 Å². The lowest BCUT2D eigenvalue weighted by Gasteiger charge is -2.52. The van der Waals surface area contributed by atoms with Crippen LogP contribution >= 0.6 is 21.6 Å². The number of H-pyrrole nitrogens is 1. The molecule has 11 N–H and O–H groups in total. The molecule has 16 atom stereocenters. The van der Waals surface area contributed by atoms with Crippen LogP contribution in [0.5, 0.6) is 11.5 Å². The van der Waals surface area contributed by atoms with E-state index in [9.17, 15) is 20.4 Å². The lowest BCUT2D eigenvalue weighted by molar-refractivity contribution is 0.0440. The highest BCUT2D eigenvalue weighted by atomic mass is 33.1. The Morgan fingerprint density at radius 3 is 2.48 bits per heavy atom. The number of phenols is 1. The van der Waals surface area contributed by atoms with E-state index < -0.39 is 12.2 Å². The van der Waals surface area contributed by atoms with Crippen LogP contribution in [0.1, 0.15) is 199 Å². The highest BCUT2D eigenvalue weighted by molar-refractivity contribution is 8.76. The summed E-state index contributed by atoms with van der Waals surface area (Å²) in [7, 11) is 4.01. The monoisotopic (exact) mass is 1200 g/mol. The van der Waals surface area contributed by atoms with Crippen LogP contribution in [0.15, 0.2) is 82.2 Å². The summed E-state index contributed by atoms with van der Waals surface area (Å²) in [6.45, 7) is 5.55. The Bertz CT molecular complexity index is 2890. The van der Waals surface area contributed by atoms with Crippen LogP contribution in [0.2, 0.25) is 0 Å². The maximum absolute atomic E-state index is 11.8. The van der Waals surface area contributed by atoms with Gasteiger partial charge in [-0.05, 0) is 202 Å². The highest BCUT2D eigenvalue weighted by Gasteiger charge is 2.63. The SMILES string of the molecule is CC(O)CNCC1c2cc(C(O)COc3cc(CCc4cc(CO)c(CCC5CCC6C7CSSCC(N=C(N)NC8CCCC(CCc9ccccc9)C8)C(C)CCC6C(C5)CC7N)o4)ccc3O)[nH]c2C2C=CC13CCCC3C21CCCC1. The Morgan fingerprint density at radius 2 is 1.65 bits per heavy atom. The van der Waals surface area contributed by atoms with Crippen molar-refractivity contribution in [2.45, 2.75) is 210 Å². The number of aliphatic hydroxyl groups excluding tert-OH is 3. The number of benzene rings is 2. The molecule has 464 valence electrons. The summed E-state index contributed by atoms with van der Waals surface area (Å²) in [5.74, 6) is 10.3. The zero-order valence-electron chi connectivity index (χ0n) is 51.1. The molecule has 3 heterocycles. The smallest absolute Gasteiger partial charge is 0.189 e. The van der Waals surface area contributed by atoms with Crippen molar-refractivity contribution in [1.82, 2.24) is 15.6 Å². The lowest BCUT2D eigenvalue weighted by atomic mass is 9.52. The average molecular weight is 1200 g/mol. The zero-order chi connectivity index (χ0) is 58.7. The summed E-state index contributed by atoms with van der Waals surface area (Å²) >= 11 is 0. The summed E-state index contributed by atoms with van der Waals surface area (Å²) in [5, 5.41) is 51.0. The van der Waals surface area contributed by atoms with E-state index in [0.717, 1.165) is 78.0 Å². The van der Waals surface area contributed by atoms with Crippen LogP contribution in [0.4, 0.5) is 0 Å². The summed E-state index contributed by atoms with van der Waals surface area (Å²) < 4.78 is 12.9. The molecule has 85 heavy (non-hydrogen) atoms. The van der Waals surface area contributed by atoms with Gasteiger partial charge in [0.25, 0.3) is 0 Å². The Labute approximate surface area is 515 Å². The van der Waals surface area contributed by atoms with Crippen LogP contribution in [-0.2, 0) is 32.3 Å². The second kappa shape index (κ2) is 27.5. The van der Waals surface area contributed by atoms with Gasteiger partial charge < -0.3 is 56.7 Å². The molecule has 14 heteroatoms. The van der Waals surface area contributed by atoms with E-state index in [2.05, 4.69) is 71.1 Å². The number of aryl methyl sites for hydroxylation is 4. The maximum atomic E-state index is 11.8. The molecule has 4 aromatic rings. The number of rotatable bonds is 20. The molecule has 2 aromatic carbocycles. The van der Waals surface area contributed by atoms with Crippen molar-refractivity contribution in [3.8, 4) is 11.5 Å². The predicted molar refractivity (Wildman–Crippen MR) is 346 cm³/mol. The quantitative estimate of drug-likeness (QED) is 0.0175. The van der Waals surface area contributed by atoms with Gasteiger partial charge in [0.1, 0.15) is 24.2 Å². The molecular formula is C71H102N6O6S2. The number of aromatic hydroxyl groups is 1. The summed E-state index contributed by atoms with van der Waals surface area (Å²) in [6.07, 6.45) is 30.2. The second-order valence-electron chi connectivity index (χ2n) is 28.4. The number of aromatic nitrogens is 1. The molecule has 12 nitrogen and oxygen atoms in total. The van der Waals surface area contributed by atoms with E-state index in [1.54, 1.807) is 6.07 Å². The largest absolute Gasteiger partial charge is 0.504 e. The fraction of sp³-hybridized carbons (Fsp3) is 0.676. The van der Waals surface area contributed by atoms with Crippen molar-refractivity contribution in [3.05, 3.63) is 118 Å². The molecule has 6 bridgehead atoms. The molecule has 9 aliphatic rings. The van der Waals surface area contributed by atoms with Crippen molar-refractivity contribution in [1.29, 1.82) is 0 Å².